The third kappa shape index (κ3) is 7.55. The van der Waals surface area contributed by atoms with Crippen LogP contribution in [-0.4, -0.2) is 57.1 Å². The molecule has 0 spiro atoms. The van der Waals surface area contributed by atoms with Crippen LogP contribution in [0.3, 0.4) is 0 Å². The van der Waals surface area contributed by atoms with E-state index >= 15 is 0 Å². The highest BCUT2D eigenvalue weighted by Gasteiger charge is 2.12. The largest absolute Gasteiger partial charge is 0.310 e. The average molecular weight is 295 g/mol. The van der Waals surface area contributed by atoms with Crippen molar-refractivity contribution >= 4 is 0 Å². The van der Waals surface area contributed by atoms with Gasteiger partial charge in [0, 0.05) is 6.04 Å². The van der Waals surface area contributed by atoms with Gasteiger partial charge in [0.25, 0.3) is 0 Å². The van der Waals surface area contributed by atoms with Crippen LogP contribution in [-0.2, 0) is 0 Å². The summed E-state index contributed by atoms with van der Waals surface area (Å²) in [5.74, 6) is -0.158. The summed E-state index contributed by atoms with van der Waals surface area (Å²) in [6.45, 7) is 6.21. The molecule has 0 aromatic heterocycles. The van der Waals surface area contributed by atoms with Gasteiger partial charge in [0.05, 0.1) is 0 Å². The second-order valence-corrected chi connectivity index (χ2v) is 5.91. The highest BCUT2D eigenvalue weighted by Crippen LogP contribution is 2.18. The Bertz CT molecular complexity index is 395. The van der Waals surface area contributed by atoms with Crippen LogP contribution in [0, 0.1) is 5.82 Å². The molecule has 21 heavy (non-hydrogen) atoms. The van der Waals surface area contributed by atoms with E-state index in [4.69, 9.17) is 0 Å². The molecule has 0 saturated carbocycles. The lowest BCUT2D eigenvalue weighted by atomic mass is 10.0. The second kappa shape index (κ2) is 9.87. The molecule has 0 aliphatic heterocycles. The van der Waals surface area contributed by atoms with E-state index in [0.29, 0.717) is 0 Å². The van der Waals surface area contributed by atoms with Crippen molar-refractivity contribution in [2.75, 3.05) is 47.3 Å². The maximum atomic E-state index is 13.4. The van der Waals surface area contributed by atoms with Crippen LogP contribution >= 0.6 is 0 Å². The summed E-state index contributed by atoms with van der Waals surface area (Å²) in [6, 6.07) is 7.15. The van der Waals surface area contributed by atoms with Crippen molar-refractivity contribution in [1.82, 2.24) is 15.1 Å². The zero-order valence-corrected chi connectivity index (χ0v) is 13.9. The van der Waals surface area contributed by atoms with Crippen LogP contribution < -0.4 is 5.32 Å². The molecule has 1 rings (SSSR count). The topological polar surface area (TPSA) is 18.5 Å². The first-order valence-electron chi connectivity index (χ1n) is 7.85. The molecule has 0 radical (unpaired) electrons. The number of hydrogen-bond acceptors (Lipinski definition) is 3. The third-order valence-corrected chi connectivity index (χ3v) is 3.65. The minimum atomic E-state index is -0.158. The Balaban J connectivity index is 2.44. The molecule has 1 aromatic rings. The first kappa shape index (κ1) is 18.1. The minimum absolute atomic E-state index is 0.158. The van der Waals surface area contributed by atoms with Gasteiger partial charge < -0.3 is 15.1 Å². The molecule has 4 heteroatoms. The number of nitrogens with one attached hydrogen (secondary N) is 1. The Kier molecular flexibility index (Phi) is 8.50. The number of benzene rings is 1. The Labute approximate surface area is 129 Å². The normalized spacial score (nSPS) is 13.1. The molecule has 1 N–H and O–H groups in total. The Morgan fingerprint density at radius 2 is 1.90 bits per heavy atom. The maximum absolute atomic E-state index is 13.4. The first-order chi connectivity index (χ1) is 10.0. The van der Waals surface area contributed by atoms with Crippen LogP contribution in [0.5, 0.6) is 0 Å². The van der Waals surface area contributed by atoms with Gasteiger partial charge in [-0.25, -0.2) is 4.39 Å². The van der Waals surface area contributed by atoms with Crippen molar-refractivity contribution < 1.29 is 4.39 Å². The van der Waals surface area contributed by atoms with Gasteiger partial charge in [-0.05, 0) is 77.9 Å². The lowest BCUT2D eigenvalue weighted by Crippen LogP contribution is -2.29. The molecule has 1 aromatic carbocycles. The maximum Gasteiger partial charge on any atom is 0.123 e. The summed E-state index contributed by atoms with van der Waals surface area (Å²) in [7, 11) is 6.36. The molecule has 120 valence electrons. The molecule has 3 nitrogen and oxygen atoms in total. The molecule has 0 bridgehead atoms. The highest BCUT2D eigenvalue weighted by atomic mass is 19.1. The first-order valence-corrected chi connectivity index (χ1v) is 7.85. The number of rotatable bonds is 10. The van der Waals surface area contributed by atoms with Crippen molar-refractivity contribution in [2.24, 2.45) is 0 Å². The van der Waals surface area contributed by atoms with E-state index in [1.54, 1.807) is 12.1 Å². The van der Waals surface area contributed by atoms with E-state index in [-0.39, 0.29) is 11.9 Å². The molecule has 0 aliphatic rings. The molecule has 0 amide bonds. The Morgan fingerprint density at radius 1 is 1.14 bits per heavy atom. The molecular formula is C17H30FN3. The van der Waals surface area contributed by atoms with Gasteiger partial charge in [0.15, 0.2) is 0 Å². The summed E-state index contributed by atoms with van der Waals surface area (Å²) in [6.07, 6.45) is 2.17. The summed E-state index contributed by atoms with van der Waals surface area (Å²) in [4.78, 5) is 4.56. The van der Waals surface area contributed by atoms with Crippen molar-refractivity contribution in [3.8, 4) is 0 Å². The van der Waals surface area contributed by atoms with Gasteiger partial charge in [-0.2, -0.15) is 0 Å². The van der Waals surface area contributed by atoms with E-state index in [9.17, 15) is 4.39 Å². The van der Waals surface area contributed by atoms with Crippen molar-refractivity contribution in [3.05, 3.63) is 35.6 Å². The molecule has 1 unspecified atom stereocenters. The summed E-state index contributed by atoms with van der Waals surface area (Å²) >= 11 is 0. The standard InChI is InChI=1S/C17H30FN3/c1-5-19-17(15-8-6-9-16(18)14-15)10-13-21(4)12-7-11-20(2)3/h6,8-9,14,17,19H,5,7,10-13H2,1-4H3. The number of nitrogens with zero attached hydrogens (tertiary/aromatic N) is 2. The fourth-order valence-corrected chi connectivity index (χ4v) is 2.47. The summed E-state index contributed by atoms with van der Waals surface area (Å²) in [5, 5.41) is 3.45. The minimum Gasteiger partial charge on any atom is -0.310 e. The van der Waals surface area contributed by atoms with E-state index in [1.807, 2.05) is 6.07 Å². The average Bonchev–Trinajstić information content (AvgIpc) is 2.43. The van der Waals surface area contributed by atoms with E-state index < -0.39 is 0 Å². The predicted octanol–water partition coefficient (Wildman–Crippen LogP) is 2.75. The fourth-order valence-electron chi connectivity index (χ4n) is 2.47. The molecule has 0 saturated heterocycles. The van der Waals surface area contributed by atoms with E-state index in [1.165, 1.54) is 12.5 Å². The Morgan fingerprint density at radius 3 is 2.52 bits per heavy atom. The lowest BCUT2D eigenvalue weighted by Gasteiger charge is -2.23. The van der Waals surface area contributed by atoms with Crippen LogP contribution in [0.1, 0.15) is 31.4 Å². The van der Waals surface area contributed by atoms with E-state index in [2.05, 4.69) is 43.2 Å². The summed E-state index contributed by atoms with van der Waals surface area (Å²) < 4.78 is 13.4. The van der Waals surface area contributed by atoms with Gasteiger partial charge in [0.1, 0.15) is 5.82 Å². The van der Waals surface area contributed by atoms with Gasteiger partial charge in [-0.1, -0.05) is 19.1 Å². The second-order valence-electron chi connectivity index (χ2n) is 5.91. The predicted molar refractivity (Wildman–Crippen MR) is 88.1 cm³/mol. The lowest BCUT2D eigenvalue weighted by molar-refractivity contribution is 0.284. The zero-order chi connectivity index (χ0) is 15.7. The van der Waals surface area contributed by atoms with Gasteiger partial charge >= 0.3 is 0 Å². The smallest absolute Gasteiger partial charge is 0.123 e. The van der Waals surface area contributed by atoms with Crippen molar-refractivity contribution in [1.29, 1.82) is 0 Å². The quantitative estimate of drug-likeness (QED) is 0.716. The molecular weight excluding hydrogens is 265 g/mol. The van der Waals surface area contributed by atoms with Crippen LogP contribution in [0.2, 0.25) is 0 Å². The molecule has 0 heterocycles. The number of hydrogen-bond donors (Lipinski definition) is 1. The summed E-state index contributed by atoms with van der Waals surface area (Å²) in [5.41, 5.74) is 1.04. The molecule has 1 atom stereocenters. The van der Waals surface area contributed by atoms with Crippen molar-refractivity contribution in [3.63, 3.8) is 0 Å². The van der Waals surface area contributed by atoms with Gasteiger partial charge in [0.2, 0.25) is 0 Å². The molecule has 0 aliphatic carbocycles. The van der Waals surface area contributed by atoms with Crippen LogP contribution in [0.25, 0.3) is 0 Å². The van der Waals surface area contributed by atoms with Crippen molar-refractivity contribution in [2.45, 2.75) is 25.8 Å². The fraction of sp³-hybridized carbons (Fsp3) is 0.647. The Hall–Kier alpha value is -0.970. The van der Waals surface area contributed by atoms with Crippen LogP contribution in [0.4, 0.5) is 4.39 Å². The van der Waals surface area contributed by atoms with Gasteiger partial charge in [-0.3, -0.25) is 0 Å². The van der Waals surface area contributed by atoms with Gasteiger partial charge in [-0.15, -0.1) is 0 Å². The SMILES string of the molecule is CCNC(CCN(C)CCCN(C)C)c1cccc(F)c1. The molecule has 0 fully saturated rings. The third-order valence-electron chi connectivity index (χ3n) is 3.65. The highest BCUT2D eigenvalue weighted by molar-refractivity contribution is 5.20. The monoisotopic (exact) mass is 295 g/mol. The van der Waals surface area contributed by atoms with Crippen LogP contribution in [0.15, 0.2) is 24.3 Å². The zero-order valence-electron chi connectivity index (χ0n) is 13.9. The number of halogens is 1. The van der Waals surface area contributed by atoms with E-state index in [0.717, 1.165) is 38.2 Å².